The molecule has 2 aromatic carbocycles. The fourth-order valence-corrected chi connectivity index (χ4v) is 3.34. The Morgan fingerprint density at radius 1 is 1.31 bits per heavy atom. The molecule has 0 atom stereocenters. The molecular weight excluding hydrogens is 437 g/mol. The molecule has 0 spiro atoms. The molecule has 0 aliphatic carbocycles. The van der Waals surface area contributed by atoms with Gasteiger partial charge in [0, 0.05) is 24.0 Å². The summed E-state index contributed by atoms with van der Waals surface area (Å²) >= 11 is 6.45. The Labute approximate surface area is 187 Å². The molecule has 2 heterocycles. The monoisotopic (exact) mass is 457 g/mol. The van der Waals surface area contributed by atoms with Crippen LogP contribution in [-0.2, 0) is 11.8 Å². The van der Waals surface area contributed by atoms with Gasteiger partial charge in [-0.1, -0.05) is 11.6 Å². The van der Waals surface area contributed by atoms with Crippen molar-refractivity contribution in [2.45, 2.75) is 19.9 Å². The molecular formula is C21H21ClFN7O2. The van der Waals surface area contributed by atoms with Crippen LogP contribution in [0.15, 0.2) is 36.5 Å². The number of benzene rings is 2. The first-order valence-corrected chi connectivity index (χ1v) is 10.2. The summed E-state index contributed by atoms with van der Waals surface area (Å²) in [4.78, 5) is 16.1. The van der Waals surface area contributed by atoms with Crippen molar-refractivity contribution in [3.63, 3.8) is 0 Å². The van der Waals surface area contributed by atoms with Crippen LogP contribution in [0.2, 0.25) is 5.02 Å². The number of nitrogens with one attached hydrogen (secondary N) is 3. The Kier molecular flexibility index (Phi) is 5.95. The number of carbonyl (C=O) groups excluding carboxylic acids is 1. The second-order valence-electron chi connectivity index (χ2n) is 7.42. The van der Waals surface area contributed by atoms with Crippen LogP contribution in [0, 0.1) is 5.82 Å². The number of rotatable bonds is 7. The van der Waals surface area contributed by atoms with Gasteiger partial charge in [0.1, 0.15) is 0 Å². The Bertz CT molecular complexity index is 1280. The number of aryl methyl sites for hydroxylation is 1. The average molecular weight is 458 g/mol. The maximum Gasteiger partial charge on any atom is 0.258 e. The summed E-state index contributed by atoms with van der Waals surface area (Å²) in [7, 11) is 1.71. The Morgan fingerprint density at radius 3 is 2.88 bits per heavy atom. The third-order valence-corrected chi connectivity index (χ3v) is 4.97. The lowest BCUT2D eigenvalue weighted by atomic mass is 10.2. The van der Waals surface area contributed by atoms with E-state index in [1.807, 2.05) is 19.9 Å². The normalized spacial score (nSPS) is 11.2. The molecule has 0 saturated carbocycles. The van der Waals surface area contributed by atoms with Crippen molar-refractivity contribution in [3.8, 4) is 17.1 Å². The second kappa shape index (κ2) is 8.83. The maximum absolute atomic E-state index is 14.5. The van der Waals surface area contributed by atoms with Gasteiger partial charge in [0.05, 0.1) is 22.4 Å². The van der Waals surface area contributed by atoms with Crippen LogP contribution < -0.4 is 15.4 Å². The number of aromatic nitrogens is 5. The lowest BCUT2D eigenvalue weighted by molar-refractivity contribution is -0.123. The number of ether oxygens (including phenoxy) is 1. The highest BCUT2D eigenvalue weighted by atomic mass is 35.5. The zero-order valence-corrected chi connectivity index (χ0v) is 18.4. The van der Waals surface area contributed by atoms with Gasteiger partial charge < -0.3 is 15.4 Å². The number of H-pyrrole nitrogens is 1. The van der Waals surface area contributed by atoms with Gasteiger partial charge in [-0.05, 0) is 44.2 Å². The number of aromatic amines is 1. The quantitative estimate of drug-likeness (QED) is 0.389. The van der Waals surface area contributed by atoms with E-state index in [-0.39, 0.29) is 24.3 Å². The van der Waals surface area contributed by atoms with E-state index in [4.69, 9.17) is 16.3 Å². The van der Waals surface area contributed by atoms with E-state index in [2.05, 4.69) is 30.9 Å². The van der Waals surface area contributed by atoms with Gasteiger partial charge in [-0.2, -0.15) is 10.1 Å². The van der Waals surface area contributed by atoms with Crippen molar-refractivity contribution in [2.24, 2.45) is 7.05 Å². The molecule has 0 aliphatic heterocycles. The molecule has 32 heavy (non-hydrogen) atoms. The average Bonchev–Trinajstić information content (AvgIpc) is 3.36. The number of halogens is 2. The van der Waals surface area contributed by atoms with Gasteiger partial charge in [-0.25, -0.2) is 9.07 Å². The lowest BCUT2D eigenvalue weighted by Crippen LogP contribution is -2.34. The van der Waals surface area contributed by atoms with Gasteiger partial charge in [-0.3, -0.25) is 9.89 Å². The van der Waals surface area contributed by atoms with Crippen molar-refractivity contribution in [1.29, 1.82) is 0 Å². The minimum atomic E-state index is -0.615. The number of hydrogen-bond acceptors (Lipinski definition) is 6. The van der Waals surface area contributed by atoms with E-state index in [9.17, 15) is 9.18 Å². The minimum absolute atomic E-state index is 0.0205. The van der Waals surface area contributed by atoms with E-state index in [1.54, 1.807) is 25.4 Å². The zero-order chi connectivity index (χ0) is 22.8. The van der Waals surface area contributed by atoms with Crippen LogP contribution in [-0.4, -0.2) is 43.5 Å². The summed E-state index contributed by atoms with van der Waals surface area (Å²) in [5, 5.41) is 18.3. The molecule has 4 aromatic rings. The first-order chi connectivity index (χ1) is 15.3. The third kappa shape index (κ3) is 4.50. The fourth-order valence-electron chi connectivity index (χ4n) is 3.08. The molecule has 3 N–H and O–H groups in total. The van der Waals surface area contributed by atoms with Crippen LogP contribution in [0.5, 0.6) is 5.75 Å². The number of nitrogens with zero attached hydrogens (tertiary/aromatic N) is 4. The largest absolute Gasteiger partial charge is 0.481 e. The summed E-state index contributed by atoms with van der Waals surface area (Å²) in [5.41, 5.74) is 1.91. The van der Waals surface area contributed by atoms with Crippen LogP contribution in [0.4, 0.5) is 16.0 Å². The van der Waals surface area contributed by atoms with Crippen molar-refractivity contribution >= 4 is 40.0 Å². The molecule has 2 aromatic heterocycles. The van der Waals surface area contributed by atoms with E-state index in [1.165, 1.54) is 16.8 Å². The minimum Gasteiger partial charge on any atom is -0.481 e. The molecule has 0 saturated heterocycles. The van der Waals surface area contributed by atoms with Gasteiger partial charge in [0.15, 0.2) is 24.0 Å². The van der Waals surface area contributed by atoms with Crippen molar-refractivity contribution < 1.29 is 13.9 Å². The van der Waals surface area contributed by atoms with Gasteiger partial charge in [0.25, 0.3) is 5.91 Å². The van der Waals surface area contributed by atoms with Crippen LogP contribution in [0.3, 0.4) is 0 Å². The fraction of sp³-hybridized carbons (Fsp3) is 0.238. The molecule has 4 rings (SSSR count). The Morgan fingerprint density at radius 2 is 2.12 bits per heavy atom. The number of fused-ring (bicyclic) bond motifs is 1. The molecule has 0 bridgehead atoms. The molecule has 1 amide bonds. The smallest absolute Gasteiger partial charge is 0.258 e. The third-order valence-electron chi connectivity index (χ3n) is 4.57. The molecule has 0 fully saturated rings. The van der Waals surface area contributed by atoms with E-state index >= 15 is 0 Å². The molecule has 0 unspecified atom stereocenters. The molecule has 0 radical (unpaired) electrons. The van der Waals surface area contributed by atoms with Crippen molar-refractivity contribution in [3.05, 3.63) is 47.4 Å². The van der Waals surface area contributed by atoms with Gasteiger partial charge >= 0.3 is 0 Å². The first kappa shape index (κ1) is 21.6. The Balaban J connectivity index is 1.51. The summed E-state index contributed by atoms with van der Waals surface area (Å²) in [6.07, 6.45) is 1.64. The standard InChI is InChI=1S/C21H21ClFN7O2/c1-11(2)25-18(31)10-32-17-7-4-12(8-14(17)23)20-27-21(30(3)29-20)26-16-6-5-15-13(19(16)22)9-24-28-15/h4-9,11H,10H2,1-3H3,(H,24,28)(H,25,31)(H,26,27,29). The van der Waals surface area contributed by atoms with Crippen LogP contribution >= 0.6 is 11.6 Å². The summed E-state index contributed by atoms with van der Waals surface area (Å²) in [5.74, 6) is -0.218. The van der Waals surface area contributed by atoms with Crippen molar-refractivity contribution in [2.75, 3.05) is 11.9 Å². The van der Waals surface area contributed by atoms with E-state index in [0.29, 0.717) is 28.0 Å². The predicted molar refractivity (Wildman–Crippen MR) is 120 cm³/mol. The SMILES string of the molecule is CC(C)NC(=O)COc1ccc(-c2nc(Nc3ccc4[nH]ncc4c3Cl)n(C)n2)cc1F. The topological polar surface area (TPSA) is 110 Å². The number of amides is 1. The molecule has 11 heteroatoms. The summed E-state index contributed by atoms with van der Waals surface area (Å²) in [6.45, 7) is 3.39. The summed E-state index contributed by atoms with van der Waals surface area (Å²) < 4.78 is 21.3. The van der Waals surface area contributed by atoms with Gasteiger partial charge in [-0.15, -0.1) is 5.10 Å². The zero-order valence-electron chi connectivity index (χ0n) is 17.6. The molecule has 166 valence electrons. The second-order valence-corrected chi connectivity index (χ2v) is 7.80. The summed E-state index contributed by atoms with van der Waals surface area (Å²) in [6, 6.07) is 7.97. The number of anilines is 2. The number of hydrogen-bond donors (Lipinski definition) is 3. The van der Waals surface area contributed by atoms with Crippen molar-refractivity contribution in [1.82, 2.24) is 30.3 Å². The molecule has 0 aliphatic rings. The first-order valence-electron chi connectivity index (χ1n) is 9.83. The number of carbonyl (C=O) groups is 1. The van der Waals surface area contributed by atoms with Crippen LogP contribution in [0.1, 0.15) is 13.8 Å². The lowest BCUT2D eigenvalue weighted by Gasteiger charge is -2.10. The van der Waals surface area contributed by atoms with Gasteiger partial charge in [0.2, 0.25) is 5.95 Å². The highest BCUT2D eigenvalue weighted by molar-refractivity contribution is 6.38. The maximum atomic E-state index is 14.5. The highest BCUT2D eigenvalue weighted by Gasteiger charge is 2.15. The van der Waals surface area contributed by atoms with Crippen LogP contribution in [0.25, 0.3) is 22.3 Å². The highest BCUT2D eigenvalue weighted by Crippen LogP contribution is 2.32. The Hall–Kier alpha value is -3.66. The predicted octanol–water partition coefficient (Wildman–Crippen LogP) is 3.80. The molecule has 9 nitrogen and oxygen atoms in total. The van der Waals surface area contributed by atoms with E-state index < -0.39 is 5.82 Å². The van der Waals surface area contributed by atoms with E-state index in [0.717, 1.165) is 10.9 Å².